The molecule has 0 radical (unpaired) electrons. The van der Waals surface area contributed by atoms with Gasteiger partial charge in [0, 0.05) is 48.9 Å². The molecule has 0 atom stereocenters. The molecule has 1 saturated carbocycles. The Bertz CT molecular complexity index is 1100. The van der Waals surface area contributed by atoms with Crippen LogP contribution in [-0.4, -0.2) is 46.8 Å². The fraction of sp³-hybridized carbons (Fsp3) is 0.448. The van der Waals surface area contributed by atoms with Gasteiger partial charge in [0.25, 0.3) is 0 Å². The van der Waals surface area contributed by atoms with E-state index in [1.807, 2.05) is 35.0 Å². The smallest absolute Gasteiger partial charge is 0.223 e. The SMILES string of the molecule is COc1ccc(-c2nn(-c3ccccc3)cc2CN2CCC(NC(=O)C3CCCCC3)CC2)cc1. The number of nitrogens with zero attached hydrogens (tertiary/aromatic N) is 3. The quantitative estimate of drug-likeness (QED) is 0.513. The lowest BCUT2D eigenvalue weighted by Crippen LogP contribution is -2.46. The first-order valence-corrected chi connectivity index (χ1v) is 13.0. The summed E-state index contributed by atoms with van der Waals surface area (Å²) in [6.45, 7) is 2.81. The van der Waals surface area contributed by atoms with Crippen molar-refractivity contribution in [3.05, 3.63) is 66.4 Å². The zero-order valence-electron chi connectivity index (χ0n) is 20.7. The maximum atomic E-state index is 12.7. The van der Waals surface area contributed by atoms with Crippen LogP contribution in [0.25, 0.3) is 16.9 Å². The first kappa shape index (κ1) is 23.6. The molecule has 1 aliphatic carbocycles. The van der Waals surface area contributed by atoms with Crippen molar-refractivity contribution < 1.29 is 9.53 Å². The summed E-state index contributed by atoms with van der Waals surface area (Å²) >= 11 is 0. The van der Waals surface area contributed by atoms with Crippen LogP contribution in [-0.2, 0) is 11.3 Å². The van der Waals surface area contributed by atoms with E-state index in [0.717, 1.165) is 68.0 Å². The fourth-order valence-electron chi connectivity index (χ4n) is 5.39. The summed E-state index contributed by atoms with van der Waals surface area (Å²) < 4.78 is 7.32. The second kappa shape index (κ2) is 11.1. The van der Waals surface area contributed by atoms with Crippen LogP contribution in [0.5, 0.6) is 5.75 Å². The number of methoxy groups -OCH3 is 1. The van der Waals surface area contributed by atoms with E-state index in [4.69, 9.17) is 9.84 Å². The van der Waals surface area contributed by atoms with Crippen molar-refractivity contribution in [2.24, 2.45) is 5.92 Å². The highest BCUT2D eigenvalue weighted by Gasteiger charge is 2.26. The minimum absolute atomic E-state index is 0.234. The lowest BCUT2D eigenvalue weighted by molar-refractivity contribution is -0.127. The van der Waals surface area contributed by atoms with Gasteiger partial charge in [-0.2, -0.15) is 5.10 Å². The van der Waals surface area contributed by atoms with Gasteiger partial charge in [0.05, 0.1) is 18.5 Å². The van der Waals surface area contributed by atoms with E-state index < -0.39 is 0 Å². The van der Waals surface area contributed by atoms with Crippen LogP contribution >= 0.6 is 0 Å². The Kier molecular flexibility index (Phi) is 7.48. The predicted octanol–water partition coefficient (Wildman–Crippen LogP) is 5.21. The van der Waals surface area contributed by atoms with Gasteiger partial charge >= 0.3 is 0 Å². The number of hydrogen-bond acceptors (Lipinski definition) is 4. The Morgan fingerprint density at radius 3 is 2.37 bits per heavy atom. The van der Waals surface area contributed by atoms with Gasteiger partial charge in [0.15, 0.2) is 0 Å². The average Bonchev–Trinajstić information content (AvgIpc) is 3.34. The highest BCUT2D eigenvalue weighted by Crippen LogP contribution is 2.28. The van der Waals surface area contributed by atoms with Gasteiger partial charge in [-0.1, -0.05) is 37.5 Å². The van der Waals surface area contributed by atoms with Crippen molar-refractivity contribution in [3.63, 3.8) is 0 Å². The minimum Gasteiger partial charge on any atom is -0.497 e. The molecule has 1 saturated heterocycles. The summed E-state index contributed by atoms with van der Waals surface area (Å²) in [7, 11) is 1.69. The molecule has 1 aromatic heterocycles. The van der Waals surface area contributed by atoms with E-state index in [1.165, 1.54) is 24.8 Å². The molecule has 0 bridgehead atoms. The molecule has 0 spiro atoms. The molecule has 1 amide bonds. The minimum atomic E-state index is 0.234. The fourth-order valence-corrected chi connectivity index (χ4v) is 5.39. The van der Waals surface area contributed by atoms with E-state index >= 15 is 0 Å². The van der Waals surface area contributed by atoms with Gasteiger partial charge in [-0.3, -0.25) is 9.69 Å². The molecular formula is C29H36N4O2. The Hall–Kier alpha value is -3.12. The van der Waals surface area contributed by atoms with Crippen LogP contribution in [0.4, 0.5) is 0 Å². The van der Waals surface area contributed by atoms with Crippen LogP contribution < -0.4 is 10.1 Å². The van der Waals surface area contributed by atoms with E-state index in [-0.39, 0.29) is 11.8 Å². The predicted molar refractivity (Wildman–Crippen MR) is 139 cm³/mol. The molecule has 1 N–H and O–H groups in total. The van der Waals surface area contributed by atoms with Crippen molar-refractivity contribution in [2.75, 3.05) is 20.2 Å². The monoisotopic (exact) mass is 472 g/mol. The Morgan fingerprint density at radius 2 is 1.69 bits per heavy atom. The van der Waals surface area contributed by atoms with Gasteiger partial charge in [-0.05, 0) is 62.1 Å². The van der Waals surface area contributed by atoms with Gasteiger partial charge < -0.3 is 10.1 Å². The molecule has 35 heavy (non-hydrogen) atoms. The number of nitrogens with one attached hydrogen (secondary N) is 1. The van der Waals surface area contributed by atoms with Crippen LogP contribution in [0.3, 0.4) is 0 Å². The standard InChI is InChI=1S/C29H36N4O2/c1-35-27-14-12-22(13-15-27)28-24(21-33(31-28)26-10-6-3-7-11-26)20-32-18-16-25(17-19-32)30-29(34)23-8-4-2-5-9-23/h3,6-7,10-15,21,23,25H,2,4-5,8-9,16-20H2,1H3,(H,30,34). The first-order valence-electron chi connectivity index (χ1n) is 13.0. The van der Waals surface area contributed by atoms with Gasteiger partial charge in [-0.25, -0.2) is 4.68 Å². The van der Waals surface area contributed by atoms with Gasteiger partial charge in [-0.15, -0.1) is 0 Å². The zero-order chi connectivity index (χ0) is 24.0. The lowest BCUT2D eigenvalue weighted by atomic mass is 9.88. The number of hydrogen-bond donors (Lipinski definition) is 1. The number of carbonyl (C=O) groups excluding carboxylic acids is 1. The highest BCUT2D eigenvalue weighted by molar-refractivity contribution is 5.79. The zero-order valence-corrected chi connectivity index (χ0v) is 20.7. The number of benzene rings is 2. The first-order chi connectivity index (χ1) is 17.2. The number of carbonyl (C=O) groups is 1. The number of amides is 1. The Labute approximate surface area is 208 Å². The summed E-state index contributed by atoms with van der Waals surface area (Å²) in [5.41, 5.74) is 4.36. The Balaban J connectivity index is 1.27. The number of aromatic nitrogens is 2. The van der Waals surface area contributed by atoms with E-state index in [9.17, 15) is 4.79 Å². The molecule has 2 fully saturated rings. The number of piperidine rings is 1. The van der Waals surface area contributed by atoms with E-state index in [0.29, 0.717) is 6.04 Å². The Morgan fingerprint density at radius 1 is 0.971 bits per heavy atom. The maximum absolute atomic E-state index is 12.7. The molecule has 6 nitrogen and oxygen atoms in total. The normalized spacial score (nSPS) is 17.9. The second-order valence-electron chi connectivity index (χ2n) is 9.91. The molecule has 0 unspecified atom stereocenters. The summed E-state index contributed by atoms with van der Waals surface area (Å²) in [5, 5.41) is 8.32. The van der Waals surface area contributed by atoms with E-state index in [2.05, 4.69) is 40.7 Å². The van der Waals surface area contributed by atoms with Crippen LogP contribution in [0, 0.1) is 5.92 Å². The molecule has 3 aromatic rings. The number of para-hydroxylation sites is 1. The highest BCUT2D eigenvalue weighted by atomic mass is 16.5. The largest absolute Gasteiger partial charge is 0.497 e. The van der Waals surface area contributed by atoms with Crippen molar-refractivity contribution in [1.82, 2.24) is 20.0 Å². The molecule has 1 aliphatic heterocycles. The topological polar surface area (TPSA) is 59.4 Å². The third-order valence-corrected chi connectivity index (χ3v) is 7.48. The van der Waals surface area contributed by atoms with Crippen molar-refractivity contribution in [3.8, 4) is 22.7 Å². The third-order valence-electron chi connectivity index (χ3n) is 7.48. The van der Waals surface area contributed by atoms with E-state index in [1.54, 1.807) is 7.11 Å². The maximum Gasteiger partial charge on any atom is 0.223 e. The average molecular weight is 473 g/mol. The molecule has 2 aromatic carbocycles. The van der Waals surface area contributed by atoms with Gasteiger partial charge in [0.1, 0.15) is 5.75 Å². The molecule has 5 rings (SSSR count). The summed E-state index contributed by atoms with van der Waals surface area (Å²) in [6, 6.07) is 18.7. The van der Waals surface area contributed by atoms with Crippen molar-refractivity contribution in [1.29, 1.82) is 0 Å². The summed E-state index contributed by atoms with van der Waals surface area (Å²) in [4.78, 5) is 15.2. The third kappa shape index (κ3) is 5.76. The molecule has 184 valence electrons. The van der Waals surface area contributed by atoms with Crippen LogP contribution in [0.2, 0.25) is 0 Å². The molecule has 2 heterocycles. The molecule has 2 aliphatic rings. The second-order valence-corrected chi connectivity index (χ2v) is 9.91. The van der Waals surface area contributed by atoms with Gasteiger partial charge in [0.2, 0.25) is 5.91 Å². The number of likely N-dealkylation sites (tertiary alicyclic amines) is 1. The van der Waals surface area contributed by atoms with Crippen molar-refractivity contribution in [2.45, 2.75) is 57.5 Å². The van der Waals surface area contributed by atoms with Crippen LogP contribution in [0.1, 0.15) is 50.5 Å². The summed E-state index contributed by atoms with van der Waals surface area (Å²) in [6.07, 6.45) is 9.96. The number of rotatable bonds is 7. The van der Waals surface area contributed by atoms with Crippen LogP contribution in [0.15, 0.2) is 60.8 Å². The molecule has 6 heteroatoms. The summed E-state index contributed by atoms with van der Waals surface area (Å²) in [5.74, 6) is 1.36. The molecular weight excluding hydrogens is 436 g/mol. The number of ether oxygens (including phenoxy) is 1. The van der Waals surface area contributed by atoms with Crippen molar-refractivity contribution >= 4 is 5.91 Å². The lowest BCUT2D eigenvalue weighted by Gasteiger charge is -2.33.